The molecule has 0 bridgehead atoms. The summed E-state index contributed by atoms with van der Waals surface area (Å²) >= 11 is 5.65. The molecule has 3 unspecified atom stereocenters. The Labute approximate surface area is 188 Å². The topological polar surface area (TPSA) is 77.0 Å². The van der Waals surface area contributed by atoms with Crippen LogP contribution in [0.4, 0.5) is 18.9 Å². The minimum Gasteiger partial charge on any atom is -0.325 e. The number of carbonyl (C=O) groups excluding carboxylic acids is 2. The summed E-state index contributed by atoms with van der Waals surface area (Å²) in [7, 11) is 0. The van der Waals surface area contributed by atoms with Crippen LogP contribution in [-0.2, 0) is 15.8 Å². The van der Waals surface area contributed by atoms with Crippen LogP contribution in [0.3, 0.4) is 0 Å². The standard InChI is InChI=1S/C21H25ClF3N5O2/c1-2-5-17-27-28-19-20(32)29(15-6-3-4-7-16(15)30(17)19)11-18(31)26-12-8-9-14(22)13(10-12)21(23,24)25/h8-10,15-16,19,28H,2-7,11H2,1H3,(H,26,31). The van der Waals surface area contributed by atoms with Gasteiger partial charge in [0.05, 0.1) is 22.7 Å². The molecule has 4 rings (SSSR count). The Morgan fingerprint density at radius 1 is 1.28 bits per heavy atom. The number of hydrazone groups is 1. The Bertz CT molecular complexity index is 939. The van der Waals surface area contributed by atoms with Gasteiger partial charge in [0.25, 0.3) is 5.91 Å². The average molecular weight is 472 g/mol. The SMILES string of the molecule is CCCC1=NNC2C(=O)N(CC(=O)Nc3ccc(Cl)c(C(F)(F)F)c3)C3CCCCC3N12. The highest BCUT2D eigenvalue weighted by Crippen LogP contribution is 2.37. The molecule has 3 aliphatic rings. The molecule has 0 radical (unpaired) electrons. The van der Waals surface area contributed by atoms with Gasteiger partial charge in [-0.05, 0) is 37.5 Å². The number of hydrogen-bond donors (Lipinski definition) is 2. The Morgan fingerprint density at radius 2 is 2.00 bits per heavy atom. The van der Waals surface area contributed by atoms with Gasteiger partial charge in [0.1, 0.15) is 12.4 Å². The number of benzene rings is 1. The van der Waals surface area contributed by atoms with Crippen LogP contribution < -0.4 is 10.7 Å². The highest BCUT2D eigenvalue weighted by atomic mass is 35.5. The van der Waals surface area contributed by atoms with Gasteiger partial charge >= 0.3 is 6.18 Å². The van der Waals surface area contributed by atoms with E-state index in [0.29, 0.717) is 0 Å². The van der Waals surface area contributed by atoms with Gasteiger partial charge in [-0.3, -0.25) is 15.0 Å². The Morgan fingerprint density at radius 3 is 2.69 bits per heavy atom. The summed E-state index contributed by atoms with van der Waals surface area (Å²) in [4.78, 5) is 29.6. The number of nitrogens with one attached hydrogen (secondary N) is 2. The van der Waals surface area contributed by atoms with E-state index < -0.39 is 28.8 Å². The summed E-state index contributed by atoms with van der Waals surface area (Å²) in [5.41, 5.74) is 1.86. The molecule has 0 spiro atoms. The lowest BCUT2D eigenvalue weighted by atomic mass is 9.85. The van der Waals surface area contributed by atoms with Crippen LogP contribution in [-0.4, -0.2) is 52.2 Å². The van der Waals surface area contributed by atoms with Gasteiger partial charge in [-0.2, -0.15) is 18.3 Å². The second-order valence-corrected chi connectivity index (χ2v) is 8.75. The lowest BCUT2D eigenvalue weighted by Crippen LogP contribution is -2.69. The molecule has 1 aromatic rings. The first kappa shape index (κ1) is 22.7. The molecule has 3 atom stereocenters. The van der Waals surface area contributed by atoms with Gasteiger partial charge in [0.2, 0.25) is 5.91 Å². The fourth-order valence-electron chi connectivity index (χ4n) is 4.84. The molecular formula is C21H25ClF3N5O2. The Balaban J connectivity index is 1.51. The van der Waals surface area contributed by atoms with E-state index in [2.05, 4.69) is 27.7 Å². The molecule has 1 saturated carbocycles. The monoisotopic (exact) mass is 471 g/mol. The van der Waals surface area contributed by atoms with Crippen molar-refractivity contribution in [3.63, 3.8) is 0 Å². The third-order valence-corrected chi connectivity index (χ3v) is 6.53. The van der Waals surface area contributed by atoms with Crippen molar-refractivity contribution in [2.45, 2.75) is 69.9 Å². The van der Waals surface area contributed by atoms with E-state index in [9.17, 15) is 22.8 Å². The number of hydrogen-bond acceptors (Lipinski definition) is 5. The smallest absolute Gasteiger partial charge is 0.325 e. The Hall–Kier alpha value is -2.49. The summed E-state index contributed by atoms with van der Waals surface area (Å²) in [5, 5.41) is 6.40. The first-order valence-electron chi connectivity index (χ1n) is 10.8. The number of rotatable bonds is 5. The predicted molar refractivity (Wildman–Crippen MR) is 114 cm³/mol. The van der Waals surface area contributed by atoms with Crippen LogP contribution >= 0.6 is 11.6 Å². The number of fused-ring (bicyclic) bond motifs is 3. The summed E-state index contributed by atoms with van der Waals surface area (Å²) in [5.74, 6) is 0.0669. The van der Waals surface area contributed by atoms with Crippen molar-refractivity contribution >= 4 is 34.9 Å². The normalized spacial score (nSPS) is 25.1. The molecule has 1 aromatic carbocycles. The largest absolute Gasteiger partial charge is 0.417 e. The number of amides is 2. The van der Waals surface area contributed by atoms with E-state index >= 15 is 0 Å². The van der Waals surface area contributed by atoms with Crippen molar-refractivity contribution in [2.75, 3.05) is 11.9 Å². The lowest BCUT2D eigenvalue weighted by molar-refractivity contribution is -0.151. The molecule has 174 valence electrons. The van der Waals surface area contributed by atoms with Crippen LogP contribution in [0.25, 0.3) is 0 Å². The maximum atomic E-state index is 13.2. The number of anilines is 1. The van der Waals surface area contributed by atoms with Crippen molar-refractivity contribution in [3.8, 4) is 0 Å². The highest BCUT2D eigenvalue weighted by molar-refractivity contribution is 6.31. The molecule has 2 N–H and O–H groups in total. The number of amidine groups is 1. The number of halogens is 4. The lowest BCUT2D eigenvalue weighted by Gasteiger charge is -2.51. The number of alkyl halides is 3. The zero-order valence-corrected chi connectivity index (χ0v) is 18.3. The predicted octanol–water partition coefficient (Wildman–Crippen LogP) is 3.80. The Kier molecular flexibility index (Phi) is 6.24. The van der Waals surface area contributed by atoms with Crippen LogP contribution in [0, 0.1) is 0 Å². The van der Waals surface area contributed by atoms with E-state index in [0.717, 1.165) is 56.5 Å². The third-order valence-electron chi connectivity index (χ3n) is 6.20. The second-order valence-electron chi connectivity index (χ2n) is 8.34. The highest BCUT2D eigenvalue weighted by Gasteiger charge is 2.51. The average Bonchev–Trinajstić information content (AvgIpc) is 3.16. The minimum absolute atomic E-state index is 0.0226. The van der Waals surface area contributed by atoms with Crippen molar-refractivity contribution in [2.24, 2.45) is 5.10 Å². The van der Waals surface area contributed by atoms with Crippen LogP contribution in [0.2, 0.25) is 5.02 Å². The van der Waals surface area contributed by atoms with E-state index in [1.54, 1.807) is 4.90 Å². The van der Waals surface area contributed by atoms with Gasteiger partial charge in [-0.25, -0.2) is 0 Å². The molecule has 2 aliphatic heterocycles. The van der Waals surface area contributed by atoms with Crippen molar-refractivity contribution < 1.29 is 22.8 Å². The van der Waals surface area contributed by atoms with Gasteiger partial charge in [-0.1, -0.05) is 31.4 Å². The van der Waals surface area contributed by atoms with Crippen LogP contribution in [0.1, 0.15) is 51.0 Å². The van der Waals surface area contributed by atoms with Crippen LogP contribution in [0.15, 0.2) is 23.3 Å². The van der Waals surface area contributed by atoms with Crippen molar-refractivity contribution in [3.05, 3.63) is 28.8 Å². The first-order valence-corrected chi connectivity index (χ1v) is 11.2. The maximum Gasteiger partial charge on any atom is 0.417 e. The van der Waals surface area contributed by atoms with Crippen LogP contribution in [0.5, 0.6) is 0 Å². The summed E-state index contributed by atoms with van der Waals surface area (Å²) in [6.45, 7) is 1.82. The first-order chi connectivity index (χ1) is 15.2. The fourth-order valence-corrected chi connectivity index (χ4v) is 5.07. The van der Waals surface area contributed by atoms with Gasteiger partial charge in [-0.15, -0.1) is 0 Å². The van der Waals surface area contributed by atoms with Gasteiger partial charge < -0.3 is 15.1 Å². The zero-order valence-electron chi connectivity index (χ0n) is 17.6. The molecule has 2 fully saturated rings. The molecule has 32 heavy (non-hydrogen) atoms. The van der Waals surface area contributed by atoms with Gasteiger partial charge in [0, 0.05) is 12.1 Å². The molecule has 7 nitrogen and oxygen atoms in total. The number of nitrogens with zero attached hydrogens (tertiary/aromatic N) is 3. The maximum absolute atomic E-state index is 13.2. The molecule has 1 aliphatic carbocycles. The molecule has 11 heteroatoms. The third kappa shape index (κ3) is 4.24. The summed E-state index contributed by atoms with van der Waals surface area (Å²) in [6.07, 6.45) is 0.0314. The molecular weight excluding hydrogens is 447 g/mol. The quantitative estimate of drug-likeness (QED) is 0.685. The van der Waals surface area contributed by atoms with E-state index in [4.69, 9.17) is 11.6 Å². The molecule has 0 aromatic heterocycles. The number of piperazine rings is 1. The summed E-state index contributed by atoms with van der Waals surface area (Å²) in [6, 6.07) is 3.12. The molecule has 1 saturated heterocycles. The van der Waals surface area contributed by atoms with E-state index in [1.807, 2.05) is 0 Å². The summed E-state index contributed by atoms with van der Waals surface area (Å²) < 4.78 is 39.3. The van der Waals surface area contributed by atoms with Crippen molar-refractivity contribution in [1.29, 1.82) is 0 Å². The molecule has 2 heterocycles. The van der Waals surface area contributed by atoms with Crippen molar-refractivity contribution in [1.82, 2.24) is 15.2 Å². The zero-order chi connectivity index (χ0) is 23.0. The van der Waals surface area contributed by atoms with E-state index in [-0.39, 0.29) is 30.2 Å². The van der Waals surface area contributed by atoms with E-state index in [1.165, 1.54) is 6.07 Å². The number of carbonyl (C=O) groups is 2. The molecule has 2 amide bonds. The second kappa shape index (κ2) is 8.80. The van der Waals surface area contributed by atoms with Gasteiger partial charge in [0.15, 0.2) is 6.17 Å². The minimum atomic E-state index is -4.64. The fraction of sp³-hybridized carbons (Fsp3) is 0.571.